The molecule has 0 saturated carbocycles. The molecule has 2 rings (SSSR count). The number of phenolic OH excluding ortho intramolecular Hbond substituents is 1. The Morgan fingerprint density at radius 2 is 1.75 bits per heavy atom. The number of phenols is 1. The number of aryl methyl sites for hydroxylation is 1. The predicted molar refractivity (Wildman–Crippen MR) is 93.8 cm³/mol. The number of aromatic hydroxyl groups is 1. The van der Waals surface area contributed by atoms with E-state index in [-0.39, 0.29) is 21.9 Å². The van der Waals surface area contributed by atoms with E-state index in [1.807, 2.05) is 33.8 Å². The van der Waals surface area contributed by atoms with Crippen molar-refractivity contribution in [2.24, 2.45) is 10.2 Å². The number of azo groups is 1. The summed E-state index contributed by atoms with van der Waals surface area (Å²) in [6.07, 6.45) is 0. The van der Waals surface area contributed by atoms with Gasteiger partial charge in [0.15, 0.2) is 0 Å². The zero-order valence-corrected chi connectivity index (χ0v) is 14.6. The first-order valence-electron chi connectivity index (χ1n) is 7.29. The van der Waals surface area contributed by atoms with Crippen LogP contribution in [0, 0.1) is 17.0 Å². The zero-order chi connectivity index (χ0) is 18.1. The molecule has 0 amide bonds. The highest BCUT2D eigenvalue weighted by Crippen LogP contribution is 2.40. The third-order valence-corrected chi connectivity index (χ3v) is 3.75. The van der Waals surface area contributed by atoms with Crippen LogP contribution in [-0.4, -0.2) is 10.0 Å². The molecule has 0 aliphatic carbocycles. The second kappa shape index (κ2) is 6.57. The summed E-state index contributed by atoms with van der Waals surface area (Å²) in [5.41, 5.74) is 1.97. The number of halogens is 1. The molecule has 126 valence electrons. The Hall–Kier alpha value is -2.47. The second-order valence-corrected chi connectivity index (χ2v) is 6.93. The van der Waals surface area contributed by atoms with Crippen LogP contribution in [0.15, 0.2) is 40.6 Å². The van der Waals surface area contributed by atoms with E-state index in [1.165, 1.54) is 18.2 Å². The van der Waals surface area contributed by atoms with Crippen molar-refractivity contribution in [1.29, 1.82) is 0 Å². The number of nitro benzene ring substituents is 1. The first-order chi connectivity index (χ1) is 11.1. The van der Waals surface area contributed by atoms with Crippen molar-refractivity contribution in [3.63, 3.8) is 0 Å². The molecule has 2 aromatic rings. The number of nitrogens with zero attached hydrogens (tertiary/aromatic N) is 3. The van der Waals surface area contributed by atoms with Crippen molar-refractivity contribution in [3.05, 3.63) is 56.6 Å². The molecular weight excluding hydrogens is 330 g/mol. The molecular formula is C17H18ClN3O3. The van der Waals surface area contributed by atoms with Gasteiger partial charge in [0.25, 0.3) is 5.69 Å². The lowest BCUT2D eigenvalue weighted by Crippen LogP contribution is -2.11. The van der Waals surface area contributed by atoms with Gasteiger partial charge in [0.1, 0.15) is 17.1 Å². The van der Waals surface area contributed by atoms with Gasteiger partial charge in [0.05, 0.1) is 9.95 Å². The average molecular weight is 348 g/mol. The first kappa shape index (κ1) is 17.9. The number of hydrogen-bond donors (Lipinski definition) is 1. The highest BCUT2D eigenvalue weighted by Gasteiger charge is 2.21. The van der Waals surface area contributed by atoms with Gasteiger partial charge in [-0.2, -0.15) is 0 Å². The molecule has 1 N–H and O–H groups in total. The van der Waals surface area contributed by atoms with Crippen LogP contribution >= 0.6 is 11.6 Å². The highest BCUT2D eigenvalue weighted by atomic mass is 35.5. The quantitative estimate of drug-likeness (QED) is 0.421. The van der Waals surface area contributed by atoms with Crippen LogP contribution in [-0.2, 0) is 5.41 Å². The van der Waals surface area contributed by atoms with Crippen LogP contribution in [0.4, 0.5) is 17.1 Å². The molecule has 0 radical (unpaired) electrons. The number of nitro groups is 1. The standard InChI is InChI=1S/C17H18ClN3O3/c1-10-7-12(17(2,3)4)16(22)15(8-10)20-19-14-6-5-11(21(23)24)9-13(14)18/h5-9,22H,1-4H3. The SMILES string of the molecule is Cc1cc(N=Nc2ccc([N+](=O)[O-])cc2Cl)c(O)c(C(C)(C)C)c1. The summed E-state index contributed by atoms with van der Waals surface area (Å²) in [4.78, 5) is 10.2. The summed E-state index contributed by atoms with van der Waals surface area (Å²) in [5.74, 6) is 0.0647. The Labute approximate surface area is 145 Å². The minimum Gasteiger partial charge on any atom is -0.505 e. The van der Waals surface area contributed by atoms with Gasteiger partial charge in [0.2, 0.25) is 0 Å². The fourth-order valence-electron chi connectivity index (χ4n) is 2.21. The molecule has 0 aliphatic heterocycles. The fraction of sp³-hybridized carbons (Fsp3) is 0.294. The maximum atomic E-state index is 10.7. The van der Waals surface area contributed by atoms with Gasteiger partial charge in [-0.05, 0) is 30.0 Å². The second-order valence-electron chi connectivity index (χ2n) is 6.52. The summed E-state index contributed by atoms with van der Waals surface area (Å²) < 4.78 is 0. The van der Waals surface area contributed by atoms with Crippen LogP contribution in [0.5, 0.6) is 5.75 Å². The largest absolute Gasteiger partial charge is 0.505 e. The summed E-state index contributed by atoms with van der Waals surface area (Å²) >= 11 is 5.99. The number of rotatable bonds is 3. The molecule has 0 bridgehead atoms. The maximum Gasteiger partial charge on any atom is 0.271 e. The normalized spacial score (nSPS) is 11.9. The Morgan fingerprint density at radius 3 is 2.29 bits per heavy atom. The first-order valence-corrected chi connectivity index (χ1v) is 7.67. The van der Waals surface area contributed by atoms with Gasteiger partial charge in [-0.25, -0.2) is 0 Å². The zero-order valence-electron chi connectivity index (χ0n) is 13.9. The predicted octanol–water partition coefficient (Wildman–Crippen LogP) is 5.98. The van der Waals surface area contributed by atoms with Crippen LogP contribution in [0.2, 0.25) is 5.02 Å². The summed E-state index contributed by atoms with van der Waals surface area (Å²) in [7, 11) is 0. The molecule has 0 atom stereocenters. The van der Waals surface area contributed by atoms with Crippen molar-refractivity contribution in [2.75, 3.05) is 0 Å². The van der Waals surface area contributed by atoms with E-state index in [1.54, 1.807) is 6.07 Å². The third kappa shape index (κ3) is 3.89. The Bertz CT molecular complexity index is 827. The van der Waals surface area contributed by atoms with E-state index < -0.39 is 4.92 Å². The summed E-state index contributed by atoms with van der Waals surface area (Å²) in [6.45, 7) is 7.90. The fourth-order valence-corrected chi connectivity index (χ4v) is 2.42. The van der Waals surface area contributed by atoms with Gasteiger partial charge in [0, 0.05) is 17.7 Å². The number of hydrogen-bond acceptors (Lipinski definition) is 5. The summed E-state index contributed by atoms with van der Waals surface area (Å²) in [6, 6.07) is 7.56. The van der Waals surface area contributed by atoms with Crippen molar-refractivity contribution in [3.8, 4) is 5.75 Å². The molecule has 0 fully saturated rings. The molecule has 7 heteroatoms. The van der Waals surface area contributed by atoms with Gasteiger partial charge in [-0.15, -0.1) is 10.2 Å². The Morgan fingerprint density at radius 1 is 1.12 bits per heavy atom. The highest BCUT2D eigenvalue weighted by molar-refractivity contribution is 6.33. The molecule has 0 saturated heterocycles. The van der Waals surface area contributed by atoms with Crippen molar-refractivity contribution in [2.45, 2.75) is 33.1 Å². The van der Waals surface area contributed by atoms with Crippen LogP contribution in [0.1, 0.15) is 31.9 Å². The lowest BCUT2D eigenvalue weighted by molar-refractivity contribution is -0.384. The molecule has 0 aromatic heterocycles. The molecule has 2 aromatic carbocycles. The van der Waals surface area contributed by atoms with E-state index in [4.69, 9.17) is 11.6 Å². The smallest absolute Gasteiger partial charge is 0.271 e. The van der Waals surface area contributed by atoms with E-state index in [9.17, 15) is 15.2 Å². The van der Waals surface area contributed by atoms with E-state index >= 15 is 0 Å². The molecule has 0 heterocycles. The lowest BCUT2D eigenvalue weighted by atomic mass is 9.85. The number of non-ortho nitro benzene ring substituents is 1. The maximum absolute atomic E-state index is 10.7. The molecule has 0 aliphatic rings. The molecule has 0 spiro atoms. The average Bonchev–Trinajstić information content (AvgIpc) is 2.47. The third-order valence-electron chi connectivity index (χ3n) is 3.45. The monoisotopic (exact) mass is 347 g/mol. The molecule has 24 heavy (non-hydrogen) atoms. The Balaban J connectivity index is 2.43. The van der Waals surface area contributed by atoms with Crippen molar-refractivity contribution >= 4 is 28.7 Å². The van der Waals surface area contributed by atoms with Gasteiger partial charge < -0.3 is 5.11 Å². The van der Waals surface area contributed by atoms with Gasteiger partial charge >= 0.3 is 0 Å². The minimum absolute atomic E-state index is 0.0647. The Kier molecular flexibility index (Phi) is 4.89. The molecule has 0 unspecified atom stereocenters. The summed E-state index contributed by atoms with van der Waals surface area (Å²) in [5, 5.41) is 29.4. The van der Waals surface area contributed by atoms with E-state index in [0.29, 0.717) is 11.4 Å². The van der Waals surface area contributed by atoms with Crippen molar-refractivity contribution < 1.29 is 10.0 Å². The van der Waals surface area contributed by atoms with E-state index in [2.05, 4.69) is 10.2 Å². The van der Waals surface area contributed by atoms with Crippen LogP contribution < -0.4 is 0 Å². The van der Waals surface area contributed by atoms with Crippen LogP contribution in [0.25, 0.3) is 0 Å². The van der Waals surface area contributed by atoms with Gasteiger partial charge in [-0.3, -0.25) is 10.1 Å². The van der Waals surface area contributed by atoms with Crippen LogP contribution in [0.3, 0.4) is 0 Å². The van der Waals surface area contributed by atoms with Gasteiger partial charge in [-0.1, -0.05) is 38.4 Å². The van der Waals surface area contributed by atoms with Crippen molar-refractivity contribution in [1.82, 2.24) is 0 Å². The van der Waals surface area contributed by atoms with E-state index in [0.717, 1.165) is 11.1 Å². The minimum atomic E-state index is -0.533. The topological polar surface area (TPSA) is 88.1 Å². The molecule has 6 nitrogen and oxygen atoms in total. The lowest BCUT2D eigenvalue weighted by Gasteiger charge is -2.21. The number of benzene rings is 2.